The summed E-state index contributed by atoms with van der Waals surface area (Å²) in [5.74, 6) is 0.888. The average molecular weight is 399 g/mol. The number of nitrogens with one attached hydrogen (secondary N) is 1. The molecular weight excluding hydrogens is 372 g/mol. The first-order valence-electron chi connectivity index (χ1n) is 10.5. The minimum absolute atomic E-state index is 0.312. The molecule has 2 aromatic carbocycles. The first-order chi connectivity index (χ1) is 14.7. The van der Waals surface area contributed by atoms with Gasteiger partial charge in [0.05, 0.1) is 23.1 Å². The van der Waals surface area contributed by atoms with Gasteiger partial charge in [-0.15, -0.1) is 5.10 Å². The van der Waals surface area contributed by atoms with Crippen LogP contribution in [0.1, 0.15) is 37.3 Å². The van der Waals surface area contributed by atoms with Crippen molar-refractivity contribution in [1.29, 1.82) is 0 Å². The fourth-order valence-electron chi connectivity index (χ4n) is 4.33. The lowest BCUT2D eigenvalue weighted by molar-refractivity contribution is 0.391. The number of nitrogens with zero attached hydrogens (tertiary/aromatic N) is 3. The molecule has 1 fully saturated rings. The number of nitrogen functional groups attached to an aromatic ring is 1. The van der Waals surface area contributed by atoms with Crippen LogP contribution in [0.15, 0.2) is 66.9 Å². The van der Waals surface area contributed by atoms with Crippen LogP contribution in [0.25, 0.3) is 16.8 Å². The Kier molecular flexibility index (Phi) is 4.85. The van der Waals surface area contributed by atoms with E-state index in [9.17, 15) is 0 Å². The van der Waals surface area contributed by atoms with Gasteiger partial charge < -0.3 is 16.8 Å². The fourth-order valence-corrected chi connectivity index (χ4v) is 4.33. The Labute approximate surface area is 175 Å². The Morgan fingerprint density at radius 1 is 0.900 bits per heavy atom. The second-order valence-corrected chi connectivity index (χ2v) is 8.04. The maximum atomic E-state index is 6.46. The van der Waals surface area contributed by atoms with Crippen LogP contribution >= 0.6 is 0 Å². The monoisotopic (exact) mass is 398 g/mol. The van der Waals surface area contributed by atoms with Crippen molar-refractivity contribution in [3.8, 4) is 11.1 Å². The van der Waals surface area contributed by atoms with Crippen molar-refractivity contribution in [2.75, 3.05) is 11.1 Å². The molecule has 30 heavy (non-hydrogen) atoms. The number of rotatable bonds is 4. The maximum absolute atomic E-state index is 6.46. The smallest absolute Gasteiger partial charge is 0.178 e. The molecule has 6 nitrogen and oxygen atoms in total. The lowest BCUT2D eigenvalue weighted by Crippen LogP contribution is -2.25. The third kappa shape index (κ3) is 3.50. The van der Waals surface area contributed by atoms with Crippen molar-refractivity contribution in [1.82, 2.24) is 14.6 Å². The number of nitrogens with two attached hydrogens (primary N) is 2. The highest BCUT2D eigenvalue weighted by atomic mass is 15.3. The van der Waals surface area contributed by atoms with Crippen molar-refractivity contribution >= 4 is 22.8 Å². The predicted octanol–water partition coefficient (Wildman–Crippen LogP) is 4.71. The summed E-state index contributed by atoms with van der Waals surface area (Å²) in [6.07, 6.45) is 6.23. The summed E-state index contributed by atoms with van der Waals surface area (Å²) >= 11 is 0. The lowest BCUT2D eigenvalue weighted by atomic mass is 9.85. The zero-order chi connectivity index (χ0) is 20.5. The molecule has 2 heterocycles. The van der Waals surface area contributed by atoms with Gasteiger partial charge in [-0.2, -0.15) is 0 Å². The first-order valence-corrected chi connectivity index (χ1v) is 10.5. The largest absolute Gasteiger partial charge is 0.382 e. The molecule has 0 atom stereocenters. The van der Waals surface area contributed by atoms with Crippen LogP contribution in [0.4, 0.5) is 17.2 Å². The van der Waals surface area contributed by atoms with Gasteiger partial charge in [0, 0.05) is 17.6 Å². The second kappa shape index (κ2) is 7.80. The standard InChI is InChI=1S/C24H26N6/c25-18-13-11-16(12-14-18)20-15-30-24(28-20)22(27-19-9-5-2-6-10-19)21(23(26)29-30)17-7-3-1-4-8-17/h1-10,15-16,18,27H,11-14,25H2,(H2,26,29)/t16-,18+. The summed E-state index contributed by atoms with van der Waals surface area (Å²) in [5.41, 5.74) is 18.2. The van der Waals surface area contributed by atoms with Crippen molar-refractivity contribution in [2.24, 2.45) is 5.73 Å². The summed E-state index contributed by atoms with van der Waals surface area (Å²) < 4.78 is 1.82. The minimum Gasteiger partial charge on any atom is -0.382 e. The average Bonchev–Trinajstić information content (AvgIpc) is 3.19. The highest BCUT2D eigenvalue weighted by Gasteiger charge is 2.24. The van der Waals surface area contributed by atoms with Crippen molar-refractivity contribution in [3.63, 3.8) is 0 Å². The van der Waals surface area contributed by atoms with Crippen molar-refractivity contribution in [2.45, 2.75) is 37.6 Å². The Bertz CT molecular complexity index is 1140. The SMILES string of the molecule is Nc1nn2cc([C@H]3CC[C@@H](N)CC3)nc2c(Nc2ccccc2)c1-c1ccccc1. The highest BCUT2D eigenvalue weighted by molar-refractivity contribution is 5.94. The molecule has 5 rings (SSSR count). The van der Waals surface area contributed by atoms with E-state index < -0.39 is 0 Å². The van der Waals surface area contributed by atoms with Crippen LogP contribution in [-0.4, -0.2) is 20.6 Å². The molecule has 0 saturated heterocycles. The number of benzene rings is 2. The molecular formula is C24H26N6. The minimum atomic E-state index is 0.312. The number of aromatic nitrogens is 3. The molecule has 1 aliphatic rings. The first kappa shape index (κ1) is 18.6. The summed E-state index contributed by atoms with van der Waals surface area (Å²) in [6, 6.07) is 20.5. The zero-order valence-electron chi connectivity index (χ0n) is 16.8. The third-order valence-electron chi connectivity index (χ3n) is 5.95. The molecule has 1 saturated carbocycles. The van der Waals surface area contributed by atoms with E-state index in [0.717, 1.165) is 59.5 Å². The Morgan fingerprint density at radius 3 is 2.27 bits per heavy atom. The van der Waals surface area contributed by atoms with Crippen LogP contribution in [0.2, 0.25) is 0 Å². The van der Waals surface area contributed by atoms with E-state index in [0.29, 0.717) is 17.8 Å². The van der Waals surface area contributed by atoms with E-state index in [1.54, 1.807) is 0 Å². The van der Waals surface area contributed by atoms with Crippen molar-refractivity contribution in [3.05, 3.63) is 72.6 Å². The van der Waals surface area contributed by atoms with E-state index in [2.05, 4.69) is 10.4 Å². The third-order valence-corrected chi connectivity index (χ3v) is 5.95. The Balaban J connectivity index is 1.66. The molecule has 0 amide bonds. The van der Waals surface area contributed by atoms with Crippen LogP contribution in [0.5, 0.6) is 0 Å². The van der Waals surface area contributed by atoms with Gasteiger partial charge in [-0.05, 0) is 43.4 Å². The summed E-state index contributed by atoms with van der Waals surface area (Å²) in [6.45, 7) is 0. The van der Waals surface area contributed by atoms with Crippen LogP contribution in [-0.2, 0) is 0 Å². The fraction of sp³-hybridized carbons (Fsp3) is 0.250. The topological polar surface area (TPSA) is 94.3 Å². The van der Waals surface area contributed by atoms with Crippen LogP contribution < -0.4 is 16.8 Å². The van der Waals surface area contributed by atoms with E-state index >= 15 is 0 Å². The number of para-hydroxylation sites is 1. The predicted molar refractivity (Wildman–Crippen MR) is 122 cm³/mol. The normalized spacial score (nSPS) is 19.1. The van der Waals surface area contributed by atoms with Gasteiger partial charge in [0.2, 0.25) is 0 Å². The summed E-state index contributed by atoms with van der Waals surface area (Å²) in [7, 11) is 0. The Hall–Kier alpha value is -3.38. The van der Waals surface area contributed by atoms with E-state index in [1.807, 2.05) is 71.4 Å². The van der Waals surface area contributed by atoms with E-state index in [-0.39, 0.29) is 0 Å². The van der Waals surface area contributed by atoms with Gasteiger partial charge >= 0.3 is 0 Å². The summed E-state index contributed by atoms with van der Waals surface area (Å²) in [4.78, 5) is 5.03. The number of fused-ring (bicyclic) bond motifs is 1. The number of hydrogen-bond donors (Lipinski definition) is 3. The van der Waals surface area contributed by atoms with Crippen LogP contribution in [0.3, 0.4) is 0 Å². The molecule has 2 aromatic heterocycles. The zero-order valence-corrected chi connectivity index (χ0v) is 16.8. The van der Waals surface area contributed by atoms with Gasteiger partial charge in [-0.1, -0.05) is 48.5 Å². The molecule has 152 valence electrons. The Morgan fingerprint density at radius 2 is 1.57 bits per heavy atom. The quantitative estimate of drug-likeness (QED) is 0.463. The van der Waals surface area contributed by atoms with Gasteiger partial charge in [-0.25, -0.2) is 9.50 Å². The van der Waals surface area contributed by atoms with E-state index in [1.165, 1.54) is 0 Å². The highest BCUT2D eigenvalue weighted by Crippen LogP contribution is 2.38. The number of hydrogen-bond acceptors (Lipinski definition) is 5. The molecule has 4 aromatic rings. The van der Waals surface area contributed by atoms with E-state index in [4.69, 9.17) is 16.5 Å². The van der Waals surface area contributed by atoms with Gasteiger partial charge in [-0.3, -0.25) is 0 Å². The number of imidazole rings is 1. The molecule has 0 spiro atoms. The van der Waals surface area contributed by atoms with Gasteiger partial charge in [0.15, 0.2) is 11.5 Å². The summed E-state index contributed by atoms with van der Waals surface area (Å²) in [5, 5.41) is 8.21. The van der Waals surface area contributed by atoms with Crippen molar-refractivity contribution < 1.29 is 0 Å². The number of anilines is 3. The molecule has 0 unspecified atom stereocenters. The van der Waals surface area contributed by atoms with Crippen LogP contribution in [0, 0.1) is 0 Å². The molecule has 0 aliphatic heterocycles. The molecule has 6 heteroatoms. The molecule has 0 radical (unpaired) electrons. The van der Waals surface area contributed by atoms with Gasteiger partial charge in [0.25, 0.3) is 0 Å². The molecule has 5 N–H and O–H groups in total. The van der Waals surface area contributed by atoms with Gasteiger partial charge in [0.1, 0.15) is 0 Å². The molecule has 0 bridgehead atoms. The maximum Gasteiger partial charge on any atom is 0.178 e. The lowest BCUT2D eigenvalue weighted by Gasteiger charge is -2.24. The molecule has 1 aliphatic carbocycles. The second-order valence-electron chi connectivity index (χ2n) is 8.04.